The Labute approximate surface area is 117 Å². The van der Waals surface area contributed by atoms with Crippen LogP contribution in [0.15, 0.2) is 18.2 Å². The minimum absolute atomic E-state index is 0.0584. The second-order valence-corrected chi connectivity index (χ2v) is 4.77. The van der Waals surface area contributed by atoms with Crippen LogP contribution in [0.5, 0.6) is 5.75 Å². The number of hydrogen-bond donors (Lipinski definition) is 2. The van der Waals surface area contributed by atoms with Crippen LogP contribution in [0.3, 0.4) is 0 Å². The van der Waals surface area contributed by atoms with Crippen molar-refractivity contribution in [3.05, 3.63) is 29.6 Å². The van der Waals surface area contributed by atoms with Gasteiger partial charge in [-0.1, -0.05) is 0 Å². The Balaban J connectivity index is 2.61. The number of amides is 1. The van der Waals surface area contributed by atoms with E-state index in [4.69, 9.17) is 9.47 Å². The molecule has 0 saturated heterocycles. The Morgan fingerprint density at radius 3 is 2.70 bits per heavy atom. The SMILES string of the molecule is COCCC(C)(O)CNC(=O)c1ccc(OC)c(F)c1. The molecule has 1 aromatic rings. The van der Waals surface area contributed by atoms with Gasteiger partial charge in [0.2, 0.25) is 0 Å². The molecule has 6 heteroatoms. The third kappa shape index (κ3) is 4.79. The number of carbonyl (C=O) groups is 1. The first-order chi connectivity index (χ1) is 9.39. The first-order valence-corrected chi connectivity index (χ1v) is 6.22. The number of nitrogens with one attached hydrogen (secondary N) is 1. The summed E-state index contributed by atoms with van der Waals surface area (Å²) in [5.41, 5.74) is -0.901. The number of halogens is 1. The van der Waals surface area contributed by atoms with Crippen LogP contribution < -0.4 is 10.1 Å². The van der Waals surface area contributed by atoms with E-state index in [9.17, 15) is 14.3 Å². The smallest absolute Gasteiger partial charge is 0.251 e. The average Bonchev–Trinajstić information content (AvgIpc) is 2.42. The van der Waals surface area contributed by atoms with Crippen LogP contribution in [-0.2, 0) is 4.74 Å². The van der Waals surface area contributed by atoms with Crippen LogP contribution in [0.1, 0.15) is 23.7 Å². The van der Waals surface area contributed by atoms with E-state index < -0.39 is 17.3 Å². The molecule has 20 heavy (non-hydrogen) atoms. The number of rotatable bonds is 7. The highest BCUT2D eigenvalue weighted by molar-refractivity contribution is 5.94. The minimum atomic E-state index is -1.07. The molecule has 1 rings (SSSR count). The van der Waals surface area contributed by atoms with Crippen molar-refractivity contribution in [2.24, 2.45) is 0 Å². The highest BCUT2D eigenvalue weighted by Crippen LogP contribution is 2.17. The molecular weight excluding hydrogens is 265 g/mol. The Morgan fingerprint density at radius 2 is 2.15 bits per heavy atom. The van der Waals surface area contributed by atoms with Crippen molar-refractivity contribution in [2.75, 3.05) is 27.4 Å². The fourth-order valence-corrected chi connectivity index (χ4v) is 1.59. The van der Waals surface area contributed by atoms with Crippen LogP contribution in [-0.4, -0.2) is 44.0 Å². The van der Waals surface area contributed by atoms with E-state index in [1.807, 2.05) is 0 Å². The van der Waals surface area contributed by atoms with Crippen LogP contribution >= 0.6 is 0 Å². The number of ether oxygens (including phenoxy) is 2. The average molecular weight is 285 g/mol. The number of hydrogen-bond acceptors (Lipinski definition) is 4. The van der Waals surface area contributed by atoms with E-state index in [0.717, 1.165) is 6.07 Å². The second kappa shape index (κ2) is 7.21. The summed E-state index contributed by atoms with van der Waals surface area (Å²) in [6.07, 6.45) is 0.390. The maximum atomic E-state index is 13.5. The first-order valence-electron chi connectivity index (χ1n) is 6.22. The molecule has 0 heterocycles. The maximum Gasteiger partial charge on any atom is 0.251 e. The largest absolute Gasteiger partial charge is 0.494 e. The minimum Gasteiger partial charge on any atom is -0.494 e. The van der Waals surface area contributed by atoms with Crippen molar-refractivity contribution in [1.29, 1.82) is 0 Å². The molecular formula is C14H20FNO4. The van der Waals surface area contributed by atoms with Gasteiger partial charge in [0, 0.05) is 32.2 Å². The molecule has 1 amide bonds. The second-order valence-electron chi connectivity index (χ2n) is 4.77. The molecule has 0 aliphatic carbocycles. The summed E-state index contributed by atoms with van der Waals surface area (Å²) < 4.78 is 23.1. The van der Waals surface area contributed by atoms with Crippen molar-refractivity contribution in [1.82, 2.24) is 5.32 Å². The molecule has 0 aliphatic rings. The lowest BCUT2D eigenvalue weighted by Gasteiger charge is -2.23. The molecule has 0 radical (unpaired) electrons. The third-order valence-corrected chi connectivity index (χ3v) is 2.89. The maximum absolute atomic E-state index is 13.5. The molecule has 0 fully saturated rings. The number of aliphatic hydroxyl groups is 1. The molecule has 0 saturated carbocycles. The van der Waals surface area contributed by atoms with Gasteiger partial charge in [0.05, 0.1) is 12.7 Å². The lowest BCUT2D eigenvalue weighted by atomic mass is 10.0. The van der Waals surface area contributed by atoms with Crippen molar-refractivity contribution in [2.45, 2.75) is 18.9 Å². The predicted octanol–water partition coefficient (Wildman–Crippen LogP) is 1.35. The van der Waals surface area contributed by atoms with Crippen LogP contribution in [0.4, 0.5) is 4.39 Å². The van der Waals surface area contributed by atoms with Gasteiger partial charge < -0.3 is 19.9 Å². The van der Waals surface area contributed by atoms with Crippen molar-refractivity contribution >= 4 is 5.91 Å². The summed E-state index contributed by atoms with van der Waals surface area (Å²) in [6.45, 7) is 2.05. The van der Waals surface area contributed by atoms with Gasteiger partial charge in [-0.2, -0.15) is 0 Å². The van der Waals surface area contributed by atoms with Gasteiger partial charge in [-0.05, 0) is 25.1 Å². The predicted molar refractivity (Wildman–Crippen MR) is 72.4 cm³/mol. The van der Waals surface area contributed by atoms with E-state index in [1.165, 1.54) is 26.4 Å². The van der Waals surface area contributed by atoms with Gasteiger partial charge >= 0.3 is 0 Å². The summed E-state index contributed by atoms with van der Waals surface area (Å²) in [5.74, 6) is -0.982. The normalized spacial score (nSPS) is 13.7. The molecule has 112 valence electrons. The Kier molecular flexibility index (Phi) is 5.91. The first kappa shape index (κ1) is 16.4. The van der Waals surface area contributed by atoms with Crippen molar-refractivity contribution < 1.29 is 23.8 Å². The lowest BCUT2D eigenvalue weighted by Crippen LogP contribution is -2.41. The summed E-state index contributed by atoms with van der Waals surface area (Å²) in [7, 11) is 2.89. The van der Waals surface area contributed by atoms with Gasteiger partial charge in [0.1, 0.15) is 0 Å². The summed E-state index contributed by atoms with van der Waals surface area (Å²) >= 11 is 0. The third-order valence-electron chi connectivity index (χ3n) is 2.89. The number of carbonyl (C=O) groups excluding carboxylic acids is 1. The Hall–Kier alpha value is -1.66. The molecule has 5 nitrogen and oxygen atoms in total. The zero-order valence-corrected chi connectivity index (χ0v) is 11.9. The summed E-state index contributed by atoms with van der Waals surface area (Å²) in [5, 5.41) is 12.6. The topological polar surface area (TPSA) is 67.8 Å². The molecule has 0 aromatic heterocycles. The van der Waals surface area contributed by atoms with Crippen molar-refractivity contribution in [3.63, 3.8) is 0 Å². The number of methoxy groups -OCH3 is 2. The van der Waals surface area contributed by atoms with E-state index in [0.29, 0.717) is 13.0 Å². The zero-order chi connectivity index (χ0) is 15.2. The monoisotopic (exact) mass is 285 g/mol. The molecule has 0 aliphatic heterocycles. The van der Waals surface area contributed by atoms with Crippen LogP contribution in [0, 0.1) is 5.82 Å². The van der Waals surface area contributed by atoms with Crippen molar-refractivity contribution in [3.8, 4) is 5.75 Å². The summed E-state index contributed by atoms with van der Waals surface area (Å²) in [4.78, 5) is 11.9. The molecule has 0 spiro atoms. The van der Waals surface area contributed by atoms with Crippen LogP contribution in [0.25, 0.3) is 0 Å². The molecule has 1 unspecified atom stereocenters. The van der Waals surface area contributed by atoms with Gasteiger partial charge in [0.25, 0.3) is 5.91 Å². The van der Waals surface area contributed by atoms with E-state index in [2.05, 4.69) is 5.32 Å². The fraction of sp³-hybridized carbons (Fsp3) is 0.500. The van der Waals surface area contributed by atoms with E-state index in [1.54, 1.807) is 6.92 Å². The Morgan fingerprint density at radius 1 is 1.45 bits per heavy atom. The lowest BCUT2D eigenvalue weighted by molar-refractivity contribution is 0.0243. The molecule has 1 aromatic carbocycles. The number of benzene rings is 1. The fourth-order valence-electron chi connectivity index (χ4n) is 1.59. The van der Waals surface area contributed by atoms with Gasteiger partial charge in [-0.25, -0.2) is 4.39 Å². The molecule has 0 bridgehead atoms. The zero-order valence-electron chi connectivity index (χ0n) is 11.9. The van der Waals surface area contributed by atoms with Gasteiger partial charge in [-0.3, -0.25) is 4.79 Å². The van der Waals surface area contributed by atoms with Gasteiger partial charge in [-0.15, -0.1) is 0 Å². The van der Waals surface area contributed by atoms with E-state index in [-0.39, 0.29) is 17.9 Å². The highest BCUT2D eigenvalue weighted by Gasteiger charge is 2.21. The Bertz CT molecular complexity index is 462. The van der Waals surface area contributed by atoms with Gasteiger partial charge in [0.15, 0.2) is 11.6 Å². The highest BCUT2D eigenvalue weighted by atomic mass is 19.1. The molecule has 1 atom stereocenters. The van der Waals surface area contributed by atoms with E-state index >= 15 is 0 Å². The van der Waals surface area contributed by atoms with Crippen LogP contribution in [0.2, 0.25) is 0 Å². The molecule has 2 N–H and O–H groups in total. The summed E-state index contributed by atoms with van der Waals surface area (Å²) in [6, 6.07) is 3.94. The quantitative estimate of drug-likeness (QED) is 0.793. The standard InChI is InChI=1S/C14H20FNO4/c1-14(18,6-7-19-2)9-16-13(17)10-4-5-12(20-3)11(15)8-10/h4-5,8,18H,6-7,9H2,1-3H3,(H,16,17).